The molecule has 0 spiro atoms. The summed E-state index contributed by atoms with van der Waals surface area (Å²) in [5, 5.41) is 4.81. The molecule has 0 unspecified atom stereocenters. The molecular formula is C27H23BrCl2N4O3S. The summed E-state index contributed by atoms with van der Waals surface area (Å²) in [6.45, 7) is 3.42. The Labute approximate surface area is 239 Å². The average Bonchev–Trinajstić information content (AvgIpc) is 3.15. The van der Waals surface area contributed by atoms with E-state index in [2.05, 4.69) is 31.0 Å². The van der Waals surface area contributed by atoms with E-state index in [1.165, 1.54) is 36.5 Å². The number of halogens is 3. The lowest BCUT2D eigenvalue weighted by molar-refractivity contribution is -0.119. The molecule has 0 atom stereocenters. The number of carbonyl (C=O) groups is 1. The summed E-state index contributed by atoms with van der Waals surface area (Å²) in [5.41, 5.74) is 6.40. The van der Waals surface area contributed by atoms with Crippen LogP contribution in [0.3, 0.4) is 0 Å². The maximum Gasteiger partial charge on any atom is 0.264 e. The van der Waals surface area contributed by atoms with Crippen LogP contribution in [-0.2, 0) is 14.8 Å². The number of hydrogen-bond acceptors (Lipinski definition) is 4. The van der Waals surface area contributed by atoms with E-state index in [0.717, 1.165) is 31.4 Å². The molecule has 4 aromatic rings. The number of rotatable bonds is 8. The van der Waals surface area contributed by atoms with Gasteiger partial charge in [0.05, 0.1) is 16.8 Å². The van der Waals surface area contributed by atoms with E-state index in [0.29, 0.717) is 10.0 Å². The summed E-state index contributed by atoms with van der Waals surface area (Å²) >= 11 is 15.5. The van der Waals surface area contributed by atoms with Crippen molar-refractivity contribution < 1.29 is 13.2 Å². The van der Waals surface area contributed by atoms with E-state index < -0.39 is 22.5 Å². The van der Waals surface area contributed by atoms with Crippen LogP contribution in [0.15, 0.2) is 93.3 Å². The second-order valence-corrected chi connectivity index (χ2v) is 12.0. The summed E-state index contributed by atoms with van der Waals surface area (Å²) < 4.78 is 30.9. The molecule has 38 heavy (non-hydrogen) atoms. The molecule has 4 rings (SSSR count). The molecule has 1 N–H and O–H groups in total. The molecule has 196 valence electrons. The van der Waals surface area contributed by atoms with Crippen LogP contribution in [0.4, 0.5) is 5.69 Å². The van der Waals surface area contributed by atoms with Crippen LogP contribution in [0.25, 0.3) is 5.69 Å². The zero-order chi connectivity index (χ0) is 27.4. The first-order valence-corrected chi connectivity index (χ1v) is 14.4. The highest BCUT2D eigenvalue weighted by Crippen LogP contribution is 2.27. The highest BCUT2D eigenvalue weighted by Gasteiger charge is 2.27. The molecule has 0 saturated carbocycles. The standard InChI is InChI=1S/C27H23BrCl2N4O3S/c1-18-13-20(19(2)34(18)25-8-3-5-21(28)14-25)16-31-32-27(35)17-33(24-7-4-6-23(30)15-24)38(36,37)26-11-9-22(29)10-12-26/h3-16H,17H2,1-2H3,(H,32,35)/b31-16-. The zero-order valence-electron chi connectivity index (χ0n) is 20.4. The minimum Gasteiger partial charge on any atom is -0.318 e. The Kier molecular flexibility index (Phi) is 8.62. The number of hydrogen-bond donors (Lipinski definition) is 1. The normalized spacial score (nSPS) is 11.6. The lowest BCUT2D eigenvalue weighted by Crippen LogP contribution is -2.39. The van der Waals surface area contributed by atoms with Crippen molar-refractivity contribution in [2.75, 3.05) is 10.8 Å². The van der Waals surface area contributed by atoms with E-state index >= 15 is 0 Å². The molecule has 0 saturated heterocycles. The van der Waals surface area contributed by atoms with Gasteiger partial charge in [0.25, 0.3) is 15.9 Å². The summed E-state index contributed by atoms with van der Waals surface area (Å²) in [6, 6.07) is 21.8. The van der Waals surface area contributed by atoms with Gasteiger partial charge >= 0.3 is 0 Å². The van der Waals surface area contributed by atoms with Crippen LogP contribution in [0, 0.1) is 13.8 Å². The number of amides is 1. The monoisotopic (exact) mass is 632 g/mol. The third kappa shape index (κ3) is 6.30. The predicted molar refractivity (Wildman–Crippen MR) is 156 cm³/mol. The Morgan fingerprint density at radius 3 is 2.39 bits per heavy atom. The van der Waals surface area contributed by atoms with Crippen LogP contribution in [0.2, 0.25) is 10.0 Å². The van der Waals surface area contributed by atoms with Crippen LogP contribution in [0.5, 0.6) is 0 Å². The van der Waals surface area contributed by atoms with Gasteiger partial charge in [-0.25, -0.2) is 13.8 Å². The SMILES string of the molecule is Cc1cc(/C=N\NC(=O)CN(c2cccc(Cl)c2)S(=O)(=O)c2ccc(Cl)cc2)c(C)n1-c1cccc(Br)c1. The molecule has 0 aliphatic rings. The minimum absolute atomic E-state index is 0.0156. The average molecular weight is 634 g/mol. The molecule has 11 heteroatoms. The summed E-state index contributed by atoms with van der Waals surface area (Å²) in [5.74, 6) is -0.625. The van der Waals surface area contributed by atoms with Gasteiger partial charge in [0.1, 0.15) is 6.54 Å². The van der Waals surface area contributed by atoms with Crippen molar-refractivity contribution in [3.63, 3.8) is 0 Å². The number of nitrogens with one attached hydrogen (secondary N) is 1. The number of anilines is 1. The van der Waals surface area contributed by atoms with Gasteiger partial charge in [0.2, 0.25) is 0 Å². The van der Waals surface area contributed by atoms with Crippen LogP contribution in [-0.4, -0.2) is 31.7 Å². The minimum atomic E-state index is -4.11. The molecule has 0 bridgehead atoms. The van der Waals surface area contributed by atoms with Crippen LogP contribution < -0.4 is 9.73 Å². The number of benzene rings is 3. The first-order valence-electron chi connectivity index (χ1n) is 11.4. The molecule has 0 aliphatic carbocycles. The van der Waals surface area contributed by atoms with Crippen molar-refractivity contribution in [1.82, 2.24) is 9.99 Å². The Hall–Kier alpha value is -3.11. The van der Waals surface area contributed by atoms with Gasteiger partial charge in [-0.05, 0) is 80.6 Å². The fourth-order valence-corrected chi connectivity index (χ4v) is 6.06. The smallest absolute Gasteiger partial charge is 0.264 e. The molecular weight excluding hydrogens is 611 g/mol. The zero-order valence-corrected chi connectivity index (χ0v) is 24.3. The van der Waals surface area contributed by atoms with Crippen molar-refractivity contribution in [3.05, 3.63) is 110 Å². The third-order valence-corrected chi connectivity index (χ3v) is 8.48. The Bertz CT molecular complexity index is 1620. The van der Waals surface area contributed by atoms with Gasteiger partial charge in [0, 0.05) is 37.2 Å². The number of aryl methyl sites for hydroxylation is 1. The van der Waals surface area contributed by atoms with Gasteiger partial charge in [-0.3, -0.25) is 9.10 Å². The summed E-state index contributed by atoms with van der Waals surface area (Å²) in [7, 11) is -4.11. The van der Waals surface area contributed by atoms with Crippen molar-refractivity contribution in [2.45, 2.75) is 18.7 Å². The molecule has 7 nitrogen and oxygen atoms in total. The summed E-state index contributed by atoms with van der Waals surface area (Å²) in [6.07, 6.45) is 1.53. The third-order valence-electron chi connectivity index (χ3n) is 5.71. The first-order chi connectivity index (χ1) is 18.1. The van der Waals surface area contributed by atoms with E-state index in [1.54, 1.807) is 18.2 Å². The highest BCUT2D eigenvalue weighted by atomic mass is 79.9. The van der Waals surface area contributed by atoms with E-state index in [1.807, 2.05) is 44.2 Å². The number of carbonyl (C=O) groups excluding carboxylic acids is 1. The van der Waals surface area contributed by atoms with Crippen LogP contribution in [0.1, 0.15) is 17.0 Å². The quantitative estimate of drug-likeness (QED) is 0.177. The topological polar surface area (TPSA) is 83.8 Å². The van der Waals surface area contributed by atoms with E-state index in [-0.39, 0.29) is 10.6 Å². The fourth-order valence-electron chi connectivity index (χ4n) is 3.95. The van der Waals surface area contributed by atoms with Gasteiger partial charge in [-0.15, -0.1) is 0 Å². The Balaban J connectivity index is 1.56. The Morgan fingerprint density at radius 2 is 1.71 bits per heavy atom. The first kappa shape index (κ1) is 27.9. The van der Waals surface area contributed by atoms with Crippen molar-refractivity contribution in [1.29, 1.82) is 0 Å². The molecule has 1 amide bonds. The number of aromatic nitrogens is 1. The van der Waals surface area contributed by atoms with Crippen LogP contribution >= 0.6 is 39.1 Å². The molecule has 0 radical (unpaired) electrons. The summed E-state index contributed by atoms with van der Waals surface area (Å²) in [4.78, 5) is 12.8. The molecule has 1 heterocycles. The fraction of sp³-hybridized carbons (Fsp3) is 0.111. The lowest BCUT2D eigenvalue weighted by Gasteiger charge is -2.23. The largest absolute Gasteiger partial charge is 0.318 e. The maximum atomic E-state index is 13.4. The molecule has 3 aromatic carbocycles. The van der Waals surface area contributed by atoms with Gasteiger partial charge in [-0.2, -0.15) is 5.10 Å². The second kappa shape index (κ2) is 11.7. The van der Waals surface area contributed by atoms with E-state index in [9.17, 15) is 13.2 Å². The number of nitrogens with zero attached hydrogens (tertiary/aromatic N) is 3. The lowest BCUT2D eigenvalue weighted by atomic mass is 10.2. The maximum absolute atomic E-state index is 13.4. The Morgan fingerprint density at radius 1 is 1.00 bits per heavy atom. The molecule has 1 aromatic heterocycles. The number of sulfonamides is 1. The van der Waals surface area contributed by atoms with Gasteiger partial charge in [-0.1, -0.05) is 51.3 Å². The van der Waals surface area contributed by atoms with Crippen molar-refractivity contribution in [3.8, 4) is 5.69 Å². The van der Waals surface area contributed by atoms with Crippen molar-refractivity contribution >= 4 is 67.0 Å². The van der Waals surface area contributed by atoms with Crippen molar-refractivity contribution in [2.24, 2.45) is 5.10 Å². The van der Waals surface area contributed by atoms with Gasteiger partial charge in [0.15, 0.2) is 0 Å². The highest BCUT2D eigenvalue weighted by molar-refractivity contribution is 9.10. The number of hydrazone groups is 1. The van der Waals surface area contributed by atoms with E-state index in [4.69, 9.17) is 23.2 Å². The second-order valence-electron chi connectivity index (χ2n) is 8.38. The molecule has 0 aliphatic heterocycles. The molecule has 0 fully saturated rings. The van der Waals surface area contributed by atoms with Gasteiger partial charge < -0.3 is 4.57 Å². The predicted octanol–water partition coefficient (Wildman–Crippen LogP) is 6.51.